The second-order valence-electron chi connectivity index (χ2n) is 3.69. The van der Waals surface area contributed by atoms with Crippen molar-refractivity contribution in [3.63, 3.8) is 0 Å². The Bertz CT molecular complexity index is 644. The Hall–Kier alpha value is -2.46. The summed E-state index contributed by atoms with van der Waals surface area (Å²) in [6.07, 6.45) is 0. The monoisotopic (exact) mass is 273 g/mol. The van der Waals surface area contributed by atoms with Crippen molar-refractivity contribution in [1.29, 1.82) is 0 Å². The van der Waals surface area contributed by atoms with Gasteiger partial charge in [-0.2, -0.15) is 0 Å². The van der Waals surface area contributed by atoms with Gasteiger partial charge in [-0.05, 0) is 6.92 Å². The molecule has 1 aromatic rings. The molecule has 1 aromatic heterocycles. The molecule has 19 heavy (non-hydrogen) atoms. The minimum atomic E-state index is -3.11. The predicted octanol–water partition coefficient (Wildman–Crippen LogP) is -3.02. The minimum Gasteiger partial charge on any atom is -0.403 e. The maximum absolute atomic E-state index is 11.3. The number of hydrogen-bond donors (Lipinski definition) is 4. The average Bonchev–Trinajstić information content (AvgIpc) is 2.22. The number of nitrogens with zero attached hydrogens (tertiary/aromatic N) is 1. The van der Waals surface area contributed by atoms with Gasteiger partial charge in [0.25, 0.3) is 0 Å². The molecule has 0 fully saturated rings. The first kappa shape index (κ1) is 14.6. The van der Waals surface area contributed by atoms with E-state index in [9.17, 15) is 29.4 Å². The third-order valence-electron chi connectivity index (χ3n) is 1.90. The average molecular weight is 273 g/mol. The Kier molecular flexibility index (Phi) is 3.87. The molecule has 0 unspecified atom stereocenters. The van der Waals surface area contributed by atoms with E-state index >= 15 is 0 Å². The van der Waals surface area contributed by atoms with Crippen LogP contribution in [0, 0.1) is 0 Å². The highest BCUT2D eigenvalue weighted by Crippen LogP contribution is 2.07. The molecule has 10 nitrogen and oxygen atoms in total. The number of rotatable bonds is 4. The summed E-state index contributed by atoms with van der Waals surface area (Å²) in [5.74, 6) is -4.23. The number of aliphatic hydroxyl groups is 2. The van der Waals surface area contributed by atoms with Crippen LogP contribution in [0.1, 0.15) is 6.92 Å². The maximum atomic E-state index is 11.3. The van der Waals surface area contributed by atoms with Crippen LogP contribution < -0.4 is 17.1 Å². The number of hydrogen-bond acceptors (Lipinski definition) is 7. The highest BCUT2D eigenvalue weighted by molar-refractivity contribution is 5.87. The lowest BCUT2D eigenvalue weighted by molar-refractivity contribution is -0.324. The summed E-state index contributed by atoms with van der Waals surface area (Å²) in [7, 11) is 0. The van der Waals surface area contributed by atoms with Crippen LogP contribution in [0.3, 0.4) is 0 Å². The Balaban J connectivity index is 3.06. The van der Waals surface area contributed by atoms with E-state index in [1.807, 2.05) is 0 Å². The molecule has 0 saturated carbocycles. The van der Waals surface area contributed by atoms with Gasteiger partial charge in [0.05, 0.1) is 0 Å². The molecular weight excluding hydrogens is 262 g/mol. The summed E-state index contributed by atoms with van der Waals surface area (Å²) in [6.45, 7) is 3.39. The van der Waals surface area contributed by atoms with E-state index in [1.54, 1.807) is 9.97 Å². The number of esters is 1. The summed E-state index contributed by atoms with van der Waals surface area (Å²) in [6, 6.07) is 0. The Morgan fingerprint density at radius 1 is 1.32 bits per heavy atom. The number of H-pyrrole nitrogens is 2. The summed E-state index contributed by atoms with van der Waals surface area (Å²) in [5, 5.41) is 18.7. The van der Waals surface area contributed by atoms with E-state index in [0.717, 1.165) is 0 Å². The summed E-state index contributed by atoms with van der Waals surface area (Å²) < 4.78 is 4.45. The fourth-order valence-corrected chi connectivity index (χ4v) is 1.07. The zero-order valence-corrected chi connectivity index (χ0v) is 9.80. The van der Waals surface area contributed by atoms with E-state index in [1.165, 1.54) is 6.92 Å². The van der Waals surface area contributed by atoms with Crippen LogP contribution in [0.5, 0.6) is 0 Å². The fraction of sp³-hybridized carbons (Fsp3) is 0.333. The number of aromatic amines is 2. The Morgan fingerprint density at radius 3 is 2.21 bits per heavy atom. The standard InChI is InChI=1S/C9H11N3O7/c1-4(2)5(13)19-9(17,18)3-12-7(15)10-6(14)11-8(12)16/h17-18H,1,3H2,2H3,(H2,10,11,14,15,16). The molecular formula is C9H11N3O7. The van der Waals surface area contributed by atoms with Gasteiger partial charge in [-0.3, -0.25) is 9.97 Å². The van der Waals surface area contributed by atoms with Crippen molar-refractivity contribution in [2.75, 3.05) is 0 Å². The van der Waals surface area contributed by atoms with Gasteiger partial charge in [0.2, 0.25) is 0 Å². The van der Waals surface area contributed by atoms with Crippen LogP contribution in [-0.2, 0) is 16.1 Å². The van der Waals surface area contributed by atoms with Gasteiger partial charge in [0, 0.05) is 5.57 Å². The van der Waals surface area contributed by atoms with Crippen molar-refractivity contribution in [3.8, 4) is 0 Å². The van der Waals surface area contributed by atoms with Crippen LogP contribution in [0.2, 0.25) is 0 Å². The summed E-state index contributed by atoms with van der Waals surface area (Å²) >= 11 is 0. The van der Waals surface area contributed by atoms with Crippen molar-refractivity contribution in [3.05, 3.63) is 43.6 Å². The van der Waals surface area contributed by atoms with Crippen LogP contribution in [0.15, 0.2) is 26.5 Å². The fourth-order valence-electron chi connectivity index (χ4n) is 1.07. The first-order valence-corrected chi connectivity index (χ1v) is 4.89. The molecule has 0 radical (unpaired) electrons. The third-order valence-corrected chi connectivity index (χ3v) is 1.90. The van der Waals surface area contributed by atoms with Crippen molar-refractivity contribution in [1.82, 2.24) is 14.5 Å². The van der Waals surface area contributed by atoms with Gasteiger partial charge < -0.3 is 14.9 Å². The number of nitrogens with one attached hydrogen (secondary N) is 2. The van der Waals surface area contributed by atoms with E-state index in [0.29, 0.717) is 0 Å². The second-order valence-corrected chi connectivity index (χ2v) is 3.69. The van der Waals surface area contributed by atoms with Crippen LogP contribution >= 0.6 is 0 Å². The third kappa shape index (κ3) is 3.76. The lowest BCUT2D eigenvalue weighted by Crippen LogP contribution is -2.50. The predicted molar refractivity (Wildman–Crippen MR) is 60.0 cm³/mol. The highest BCUT2D eigenvalue weighted by Gasteiger charge is 2.31. The summed E-state index contributed by atoms with van der Waals surface area (Å²) in [4.78, 5) is 47.8. The first-order chi connectivity index (χ1) is 8.62. The molecule has 1 heterocycles. The molecule has 0 saturated heterocycles. The molecule has 0 aliphatic heterocycles. The van der Waals surface area contributed by atoms with Gasteiger partial charge in [0.1, 0.15) is 6.54 Å². The molecule has 0 atom stereocenters. The lowest BCUT2D eigenvalue weighted by Gasteiger charge is -2.21. The first-order valence-electron chi connectivity index (χ1n) is 4.89. The van der Waals surface area contributed by atoms with E-state index < -0.39 is 35.6 Å². The zero-order chi connectivity index (χ0) is 14.8. The molecule has 1 rings (SSSR count). The number of carbonyl (C=O) groups is 1. The van der Waals surface area contributed by atoms with E-state index in [-0.39, 0.29) is 10.1 Å². The molecule has 4 N–H and O–H groups in total. The molecule has 104 valence electrons. The quantitative estimate of drug-likeness (QED) is 0.258. The zero-order valence-electron chi connectivity index (χ0n) is 9.80. The van der Waals surface area contributed by atoms with Crippen LogP contribution in [-0.4, -0.2) is 36.7 Å². The smallest absolute Gasteiger partial charge is 0.343 e. The molecule has 0 aromatic carbocycles. The van der Waals surface area contributed by atoms with Gasteiger partial charge in [-0.1, -0.05) is 6.58 Å². The SMILES string of the molecule is C=C(C)C(=O)OC(O)(O)Cn1c(=O)[nH]c(=O)[nH]c1=O. The number of ether oxygens (including phenoxy) is 1. The molecule has 0 bridgehead atoms. The Labute approximate surface area is 104 Å². The van der Waals surface area contributed by atoms with E-state index in [2.05, 4.69) is 11.3 Å². The maximum Gasteiger partial charge on any atom is 0.343 e. The molecule has 10 heteroatoms. The van der Waals surface area contributed by atoms with Crippen molar-refractivity contribution >= 4 is 5.97 Å². The second kappa shape index (κ2) is 5.04. The Morgan fingerprint density at radius 2 is 1.79 bits per heavy atom. The number of carbonyl (C=O) groups excluding carboxylic acids is 1. The van der Waals surface area contributed by atoms with Gasteiger partial charge in [-0.15, -0.1) is 0 Å². The molecule has 0 aliphatic carbocycles. The topological polar surface area (TPSA) is 154 Å². The van der Waals surface area contributed by atoms with Crippen LogP contribution in [0.25, 0.3) is 0 Å². The van der Waals surface area contributed by atoms with Gasteiger partial charge in [0.15, 0.2) is 0 Å². The van der Waals surface area contributed by atoms with Gasteiger partial charge in [-0.25, -0.2) is 23.7 Å². The number of aromatic nitrogens is 3. The summed E-state index contributed by atoms with van der Waals surface area (Å²) in [5.41, 5.74) is -3.54. The molecule has 0 aliphatic rings. The van der Waals surface area contributed by atoms with Gasteiger partial charge >= 0.3 is 29.0 Å². The van der Waals surface area contributed by atoms with Crippen molar-refractivity contribution in [2.24, 2.45) is 0 Å². The van der Waals surface area contributed by atoms with Crippen molar-refractivity contribution in [2.45, 2.75) is 19.4 Å². The largest absolute Gasteiger partial charge is 0.403 e. The van der Waals surface area contributed by atoms with Crippen LogP contribution in [0.4, 0.5) is 0 Å². The molecule has 0 amide bonds. The normalized spacial score (nSPS) is 11.1. The van der Waals surface area contributed by atoms with E-state index in [4.69, 9.17) is 0 Å². The highest BCUT2D eigenvalue weighted by atomic mass is 16.8. The van der Waals surface area contributed by atoms with Crippen molar-refractivity contribution < 1.29 is 19.7 Å². The lowest BCUT2D eigenvalue weighted by atomic mass is 10.3. The molecule has 0 spiro atoms. The minimum absolute atomic E-state index is 0.116.